The van der Waals surface area contributed by atoms with E-state index in [-0.39, 0.29) is 11.8 Å². The van der Waals surface area contributed by atoms with Crippen molar-refractivity contribution >= 4 is 23.2 Å². The van der Waals surface area contributed by atoms with Crippen LogP contribution in [-0.4, -0.2) is 11.8 Å². The molecule has 0 aliphatic heterocycles. The standard InChI is InChI=1S/C16H25ClN2O/c1-2-3-4-5-6-7-8-14-9-11-15(12-10-14)18-19-16(20)13-17/h9-12,18H,2-8,13H2,1H3,(H,19,20). The molecule has 0 saturated carbocycles. The van der Waals surface area contributed by atoms with Gasteiger partial charge in [0.1, 0.15) is 5.88 Å². The Bertz CT molecular complexity index is 379. The monoisotopic (exact) mass is 296 g/mol. The maximum absolute atomic E-state index is 11.0. The lowest BCUT2D eigenvalue weighted by atomic mass is 10.0. The van der Waals surface area contributed by atoms with Crippen LogP contribution in [0.2, 0.25) is 0 Å². The van der Waals surface area contributed by atoms with E-state index >= 15 is 0 Å². The molecule has 1 aromatic rings. The van der Waals surface area contributed by atoms with Crippen molar-refractivity contribution in [1.82, 2.24) is 5.43 Å². The lowest BCUT2D eigenvalue weighted by Gasteiger charge is -2.08. The second-order valence-corrected chi connectivity index (χ2v) is 5.29. The second-order valence-electron chi connectivity index (χ2n) is 5.02. The van der Waals surface area contributed by atoms with Crippen LogP contribution in [0.15, 0.2) is 24.3 Å². The van der Waals surface area contributed by atoms with Gasteiger partial charge in [-0.15, -0.1) is 11.6 Å². The molecule has 2 N–H and O–H groups in total. The fourth-order valence-electron chi connectivity index (χ4n) is 2.04. The van der Waals surface area contributed by atoms with Crippen LogP contribution >= 0.6 is 11.6 Å². The number of carbonyl (C=O) groups excluding carboxylic acids is 1. The summed E-state index contributed by atoms with van der Waals surface area (Å²) in [6.07, 6.45) is 9.05. The first-order valence-electron chi connectivity index (χ1n) is 7.46. The zero-order valence-corrected chi connectivity index (χ0v) is 13.0. The number of hydrogen-bond donors (Lipinski definition) is 2. The van der Waals surface area contributed by atoms with E-state index in [0.717, 1.165) is 12.1 Å². The molecule has 0 radical (unpaired) electrons. The molecule has 0 spiro atoms. The Balaban J connectivity index is 2.19. The van der Waals surface area contributed by atoms with Crippen LogP contribution in [0.25, 0.3) is 0 Å². The van der Waals surface area contributed by atoms with Gasteiger partial charge in [-0.25, -0.2) is 0 Å². The Hall–Kier alpha value is -1.22. The molecule has 0 atom stereocenters. The minimum atomic E-state index is -0.233. The maximum atomic E-state index is 11.0. The molecule has 0 aliphatic rings. The largest absolute Gasteiger partial charge is 0.299 e. The number of alkyl halides is 1. The van der Waals surface area contributed by atoms with Crippen molar-refractivity contribution in [3.8, 4) is 0 Å². The molecule has 4 heteroatoms. The number of nitrogens with one attached hydrogen (secondary N) is 2. The highest BCUT2D eigenvalue weighted by Crippen LogP contribution is 2.13. The molecule has 1 rings (SSSR count). The Morgan fingerprint density at radius 3 is 2.35 bits per heavy atom. The van der Waals surface area contributed by atoms with E-state index in [2.05, 4.69) is 29.9 Å². The van der Waals surface area contributed by atoms with Crippen LogP contribution in [-0.2, 0) is 11.2 Å². The molecular formula is C16H25ClN2O. The van der Waals surface area contributed by atoms with Gasteiger partial charge >= 0.3 is 0 Å². The molecule has 0 bridgehead atoms. The zero-order chi connectivity index (χ0) is 14.6. The summed E-state index contributed by atoms with van der Waals surface area (Å²) < 4.78 is 0. The summed E-state index contributed by atoms with van der Waals surface area (Å²) in [6.45, 7) is 2.24. The quantitative estimate of drug-likeness (QED) is 0.384. The van der Waals surface area contributed by atoms with Crippen molar-refractivity contribution in [3.05, 3.63) is 29.8 Å². The number of halogens is 1. The highest BCUT2D eigenvalue weighted by Gasteiger charge is 1.98. The lowest BCUT2D eigenvalue weighted by molar-refractivity contribution is -0.118. The Morgan fingerprint density at radius 1 is 1.05 bits per heavy atom. The first kappa shape index (κ1) is 16.8. The van der Waals surface area contributed by atoms with E-state index in [1.54, 1.807) is 0 Å². The summed E-state index contributed by atoms with van der Waals surface area (Å²) in [5.74, 6) is -0.272. The molecule has 1 amide bonds. The first-order valence-corrected chi connectivity index (χ1v) is 7.99. The highest BCUT2D eigenvalue weighted by atomic mass is 35.5. The van der Waals surface area contributed by atoms with E-state index in [0.29, 0.717) is 0 Å². The smallest absolute Gasteiger partial charge is 0.253 e. The van der Waals surface area contributed by atoms with E-state index in [1.165, 1.54) is 44.1 Å². The molecule has 0 fully saturated rings. The van der Waals surface area contributed by atoms with E-state index in [4.69, 9.17) is 11.6 Å². The summed E-state index contributed by atoms with van der Waals surface area (Å²) in [5.41, 5.74) is 7.56. The SMILES string of the molecule is CCCCCCCCc1ccc(NNC(=O)CCl)cc1. The molecule has 3 nitrogen and oxygen atoms in total. The van der Waals surface area contributed by atoms with Gasteiger partial charge in [0.15, 0.2) is 0 Å². The molecular weight excluding hydrogens is 272 g/mol. The number of aryl methyl sites for hydroxylation is 1. The highest BCUT2D eigenvalue weighted by molar-refractivity contribution is 6.27. The van der Waals surface area contributed by atoms with Crippen molar-refractivity contribution in [2.45, 2.75) is 51.9 Å². The predicted molar refractivity (Wildman–Crippen MR) is 86.0 cm³/mol. The van der Waals surface area contributed by atoms with Crippen LogP contribution in [0.5, 0.6) is 0 Å². The third-order valence-electron chi connectivity index (χ3n) is 3.24. The number of anilines is 1. The number of unbranched alkanes of at least 4 members (excludes halogenated alkanes) is 5. The third kappa shape index (κ3) is 7.39. The van der Waals surface area contributed by atoms with Crippen LogP contribution in [0.1, 0.15) is 51.0 Å². The molecule has 20 heavy (non-hydrogen) atoms. The summed E-state index contributed by atoms with van der Waals surface area (Å²) in [4.78, 5) is 11.0. The number of carbonyl (C=O) groups is 1. The zero-order valence-electron chi connectivity index (χ0n) is 12.3. The van der Waals surface area contributed by atoms with Crippen molar-refractivity contribution in [1.29, 1.82) is 0 Å². The van der Waals surface area contributed by atoms with Crippen LogP contribution in [0, 0.1) is 0 Å². The van der Waals surface area contributed by atoms with Gasteiger partial charge in [-0.1, -0.05) is 51.2 Å². The minimum Gasteiger partial charge on any atom is -0.299 e. The summed E-state index contributed by atoms with van der Waals surface area (Å²) in [6, 6.07) is 8.14. The predicted octanol–water partition coefficient (Wildman–Crippen LogP) is 4.27. The molecule has 0 heterocycles. The normalized spacial score (nSPS) is 10.3. The maximum Gasteiger partial charge on any atom is 0.253 e. The topological polar surface area (TPSA) is 41.1 Å². The molecule has 1 aromatic carbocycles. The van der Waals surface area contributed by atoms with Crippen molar-refractivity contribution in [2.75, 3.05) is 11.3 Å². The lowest BCUT2D eigenvalue weighted by Crippen LogP contribution is -2.30. The van der Waals surface area contributed by atoms with Gasteiger partial charge in [-0.3, -0.25) is 15.6 Å². The van der Waals surface area contributed by atoms with Gasteiger partial charge in [-0.2, -0.15) is 0 Å². The van der Waals surface area contributed by atoms with Gasteiger partial charge in [-0.05, 0) is 30.5 Å². The number of amides is 1. The number of benzene rings is 1. The van der Waals surface area contributed by atoms with E-state index in [1.807, 2.05) is 12.1 Å². The number of hydrogen-bond acceptors (Lipinski definition) is 2. The summed E-state index contributed by atoms with van der Waals surface area (Å²) >= 11 is 5.39. The van der Waals surface area contributed by atoms with Gasteiger partial charge in [0.2, 0.25) is 0 Å². The summed E-state index contributed by atoms with van der Waals surface area (Å²) in [7, 11) is 0. The van der Waals surface area contributed by atoms with Crippen molar-refractivity contribution < 1.29 is 4.79 Å². The molecule has 0 unspecified atom stereocenters. The van der Waals surface area contributed by atoms with Crippen LogP contribution < -0.4 is 10.9 Å². The average molecular weight is 297 g/mol. The fraction of sp³-hybridized carbons (Fsp3) is 0.562. The van der Waals surface area contributed by atoms with E-state index in [9.17, 15) is 4.79 Å². The molecule has 0 saturated heterocycles. The van der Waals surface area contributed by atoms with Gasteiger partial charge in [0.05, 0.1) is 5.69 Å². The fourth-order valence-corrected chi connectivity index (χ4v) is 2.11. The van der Waals surface area contributed by atoms with Gasteiger partial charge < -0.3 is 0 Å². The number of rotatable bonds is 10. The molecule has 0 aromatic heterocycles. The van der Waals surface area contributed by atoms with Gasteiger partial charge in [0, 0.05) is 0 Å². The van der Waals surface area contributed by atoms with Crippen molar-refractivity contribution in [3.63, 3.8) is 0 Å². The number of hydrazine groups is 1. The van der Waals surface area contributed by atoms with Crippen LogP contribution in [0.4, 0.5) is 5.69 Å². The average Bonchev–Trinajstić information content (AvgIpc) is 2.49. The van der Waals surface area contributed by atoms with Gasteiger partial charge in [0.25, 0.3) is 5.91 Å². The van der Waals surface area contributed by atoms with Crippen molar-refractivity contribution in [2.24, 2.45) is 0 Å². The Morgan fingerprint density at radius 2 is 1.70 bits per heavy atom. The Kier molecular flexibility index (Phi) is 8.88. The molecule has 0 aliphatic carbocycles. The summed E-state index contributed by atoms with van der Waals surface area (Å²) in [5, 5.41) is 0. The first-order chi connectivity index (χ1) is 9.76. The molecule has 112 valence electrons. The third-order valence-corrected chi connectivity index (χ3v) is 3.48. The van der Waals surface area contributed by atoms with E-state index < -0.39 is 0 Å². The Labute approximate surface area is 127 Å². The minimum absolute atomic E-state index is 0.0386. The second kappa shape index (κ2) is 10.6. The van der Waals surface area contributed by atoms with Crippen LogP contribution in [0.3, 0.4) is 0 Å².